The largest absolute Gasteiger partial charge is 0.462 e. The smallest absolute Gasteiger partial charge is 0.340 e. The number of hydrogen-bond donors (Lipinski definition) is 1. The zero-order valence-electron chi connectivity index (χ0n) is 13.8. The van der Waals surface area contributed by atoms with Crippen LogP contribution >= 0.6 is 23.1 Å². The topological polar surface area (TPSA) is 94.3 Å². The molecule has 1 aromatic carbocycles. The monoisotopic (exact) mass is 389 g/mol. The van der Waals surface area contributed by atoms with Crippen LogP contribution in [0.2, 0.25) is 0 Å². The number of ether oxygens (including phenoxy) is 1. The average molecular weight is 389 g/mol. The molecule has 0 unspecified atom stereocenters. The van der Waals surface area contributed by atoms with Gasteiger partial charge in [0, 0.05) is 0 Å². The number of nitrogens with one attached hydrogen (secondary N) is 1. The lowest BCUT2D eigenvalue weighted by molar-refractivity contribution is -0.113. The summed E-state index contributed by atoms with van der Waals surface area (Å²) >= 11 is 2.62. The van der Waals surface area contributed by atoms with Gasteiger partial charge < -0.3 is 14.5 Å². The maximum absolute atomic E-state index is 12.2. The van der Waals surface area contributed by atoms with Crippen LogP contribution in [0.5, 0.6) is 0 Å². The third-order valence-electron chi connectivity index (χ3n) is 3.16. The highest BCUT2D eigenvalue weighted by molar-refractivity contribution is 7.99. The van der Waals surface area contributed by atoms with Crippen molar-refractivity contribution in [2.24, 2.45) is 0 Å². The third kappa shape index (κ3) is 4.50. The summed E-state index contributed by atoms with van der Waals surface area (Å²) < 4.78 is 10.5. The van der Waals surface area contributed by atoms with Gasteiger partial charge in [-0.05, 0) is 30.5 Å². The van der Waals surface area contributed by atoms with E-state index in [4.69, 9.17) is 9.15 Å². The van der Waals surface area contributed by atoms with Crippen molar-refractivity contribution in [1.29, 1.82) is 0 Å². The number of nitrogens with zero attached hydrogens (tertiary/aromatic N) is 2. The number of rotatable bonds is 7. The molecule has 1 amide bonds. The Hall–Kier alpha value is -2.65. The molecule has 0 saturated carbocycles. The maximum Gasteiger partial charge on any atom is 0.340 e. The lowest BCUT2D eigenvalue weighted by Gasteiger charge is -2.09. The van der Waals surface area contributed by atoms with Crippen molar-refractivity contribution >= 4 is 40.7 Å². The van der Waals surface area contributed by atoms with Gasteiger partial charge in [-0.2, -0.15) is 0 Å². The van der Waals surface area contributed by atoms with E-state index in [0.717, 1.165) is 16.6 Å². The minimum atomic E-state index is -0.478. The first-order valence-electron chi connectivity index (χ1n) is 7.73. The first-order chi connectivity index (χ1) is 12.7. The van der Waals surface area contributed by atoms with Gasteiger partial charge in [0.05, 0.1) is 28.5 Å². The van der Waals surface area contributed by atoms with Crippen LogP contribution in [-0.2, 0) is 9.53 Å². The van der Waals surface area contributed by atoms with Gasteiger partial charge in [0.2, 0.25) is 5.91 Å². The van der Waals surface area contributed by atoms with Crippen molar-refractivity contribution in [1.82, 2.24) is 10.2 Å². The molecule has 26 heavy (non-hydrogen) atoms. The average Bonchev–Trinajstić information content (AvgIpc) is 3.32. The van der Waals surface area contributed by atoms with Gasteiger partial charge in [0.15, 0.2) is 0 Å². The molecule has 0 aliphatic heterocycles. The summed E-state index contributed by atoms with van der Waals surface area (Å²) in [6.45, 7) is 1.99. The number of para-hydroxylation sites is 1. The summed E-state index contributed by atoms with van der Waals surface area (Å²) in [6, 6.07) is 10.5. The Morgan fingerprint density at radius 1 is 1.23 bits per heavy atom. The van der Waals surface area contributed by atoms with Gasteiger partial charge in [-0.1, -0.05) is 30.0 Å². The number of carbonyl (C=O) groups excluding carboxylic acids is 2. The highest BCUT2D eigenvalue weighted by Crippen LogP contribution is 2.26. The van der Waals surface area contributed by atoms with E-state index in [1.165, 1.54) is 11.3 Å². The number of thioether (sulfide) groups is 1. The number of esters is 1. The Kier molecular flexibility index (Phi) is 6.03. The molecule has 0 aliphatic carbocycles. The van der Waals surface area contributed by atoms with Gasteiger partial charge >= 0.3 is 5.97 Å². The molecular weight excluding hydrogens is 374 g/mol. The molecule has 0 saturated heterocycles. The fourth-order valence-corrected chi connectivity index (χ4v) is 3.27. The first-order valence-corrected chi connectivity index (χ1v) is 9.60. The molecule has 2 heterocycles. The molecule has 0 radical (unpaired) electrons. The maximum atomic E-state index is 12.2. The van der Waals surface area contributed by atoms with Crippen LogP contribution in [0.3, 0.4) is 0 Å². The number of thiophene rings is 1. The van der Waals surface area contributed by atoms with Crippen molar-refractivity contribution < 1.29 is 18.7 Å². The van der Waals surface area contributed by atoms with E-state index >= 15 is 0 Å². The van der Waals surface area contributed by atoms with E-state index in [9.17, 15) is 9.59 Å². The highest BCUT2D eigenvalue weighted by Gasteiger charge is 2.15. The van der Waals surface area contributed by atoms with Crippen molar-refractivity contribution in [3.05, 3.63) is 47.3 Å². The van der Waals surface area contributed by atoms with Crippen LogP contribution in [0.15, 0.2) is 51.4 Å². The number of carbonyl (C=O) groups is 2. The Balaban J connectivity index is 1.59. The lowest BCUT2D eigenvalue weighted by Crippen LogP contribution is -2.17. The van der Waals surface area contributed by atoms with Crippen molar-refractivity contribution in [2.75, 3.05) is 17.7 Å². The normalized spacial score (nSPS) is 10.5. The molecule has 134 valence electrons. The zero-order chi connectivity index (χ0) is 18.4. The first kappa shape index (κ1) is 18.2. The van der Waals surface area contributed by atoms with E-state index in [1.807, 2.05) is 17.5 Å². The Morgan fingerprint density at radius 2 is 2.08 bits per heavy atom. The van der Waals surface area contributed by atoms with Crippen molar-refractivity contribution in [3.63, 3.8) is 0 Å². The standard InChI is InChI=1S/C17H15N3O4S2/c1-2-23-16(22)11-6-3-4-7-12(11)18-14(21)10-26-17-20-19-15(24-17)13-8-5-9-25-13/h3-9H,2,10H2,1H3,(H,18,21). The molecule has 3 rings (SSSR count). The summed E-state index contributed by atoms with van der Waals surface area (Å²) in [5, 5.41) is 12.8. The van der Waals surface area contributed by atoms with Gasteiger partial charge in [-0.25, -0.2) is 4.79 Å². The summed E-state index contributed by atoms with van der Waals surface area (Å²) in [4.78, 5) is 25.0. The van der Waals surface area contributed by atoms with Crippen LogP contribution in [0, 0.1) is 0 Å². The van der Waals surface area contributed by atoms with E-state index < -0.39 is 5.97 Å². The minimum absolute atomic E-state index is 0.0727. The number of hydrogen-bond acceptors (Lipinski definition) is 8. The molecule has 1 N–H and O–H groups in total. The van der Waals surface area contributed by atoms with Crippen molar-refractivity contribution in [2.45, 2.75) is 12.1 Å². The van der Waals surface area contributed by atoms with E-state index in [-0.39, 0.29) is 18.3 Å². The van der Waals surface area contributed by atoms with Crippen LogP contribution < -0.4 is 5.32 Å². The summed E-state index contributed by atoms with van der Waals surface area (Å²) in [5.74, 6) is -0.268. The molecule has 0 bridgehead atoms. The highest BCUT2D eigenvalue weighted by atomic mass is 32.2. The molecule has 2 aromatic heterocycles. The third-order valence-corrected chi connectivity index (χ3v) is 4.84. The second-order valence-corrected chi connectivity index (χ2v) is 6.83. The Bertz CT molecular complexity index is 893. The molecular formula is C17H15N3O4S2. The number of amides is 1. The Labute approximate surface area is 157 Å². The molecule has 0 fully saturated rings. The van der Waals surface area contributed by atoms with Gasteiger partial charge in [0.1, 0.15) is 0 Å². The van der Waals surface area contributed by atoms with Crippen LogP contribution in [0.25, 0.3) is 10.8 Å². The number of benzene rings is 1. The predicted molar refractivity (Wildman–Crippen MR) is 99.4 cm³/mol. The van der Waals surface area contributed by atoms with Crippen LogP contribution in [0.1, 0.15) is 17.3 Å². The zero-order valence-corrected chi connectivity index (χ0v) is 15.4. The lowest BCUT2D eigenvalue weighted by atomic mass is 10.2. The molecule has 7 nitrogen and oxygen atoms in total. The van der Waals surface area contributed by atoms with E-state index in [0.29, 0.717) is 22.4 Å². The van der Waals surface area contributed by atoms with Crippen LogP contribution in [-0.4, -0.2) is 34.4 Å². The number of anilines is 1. The van der Waals surface area contributed by atoms with Gasteiger partial charge in [0.25, 0.3) is 11.1 Å². The Morgan fingerprint density at radius 3 is 2.85 bits per heavy atom. The molecule has 9 heteroatoms. The molecule has 0 aliphatic rings. The van der Waals surface area contributed by atoms with Crippen LogP contribution in [0.4, 0.5) is 5.69 Å². The molecule has 0 atom stereocenters. The molecule has 3 aromatic rings. The summed E-state index contributed by atoms with van der Waals surface area (Å²) in [6.07, 6.45) is 0. The van der Waals surface area contributed by atoms with Gasteiger partial charge in [-0.15, -0.1) is 21.5 Å². The van der Waals surface area contributed by atoms with Crippen molar-refractivity contribution in [3.8, 4) is 10.8 Å². The van der Waals surface area contributed by atoms with E-state index in [1.54, 1.807) is 31.2 Å². The quantitative estimate of drug-likeness (QED) is 0.486. The molecule has 0 spiro atoms. The van der Waals surface area contributed by atoms with Gasteiger partial charge in [-0.3, -0.25) is 4.79 Å². The second kappa shape index (κ2) is 8.63. The predicted octanol–water partition coefficient (Wildman–Crippen LogP) is 3.71. The summed E-state index contributed by atoms with van der Waals surface area (Å²) in [7, 11) is 0. The summed E-state index contributed by atoms with van der Waals surface area (Å²) in [5.41, 5.74) is 0.715. The SMILES string of the molecule is CCOC(=O)c1ccccc1NC(=O)CSc1nnc(-c2cccs2)o1. The number of aromatic nitrogens is 2. The van der Waals surface area contributed by atoms with E-state index in [2.05, 4.69) is 15.5 Å². The fraction of sp³-hybridized carbons (Fsp3) is 0.176. The minimum Gasteiger partial charge on any atom is -0.462 e. The fourth-order valence-electron chi connectivity index (χ4n) is 2.06. The second-order valence-electron chi connectivity index (χ2n) is 4.95.